The van der Waals surface area contributed by atoms with Crippen LogP contribution >= 0.6 is 12.6 Å². The first-order valence-electron chi connectivity index (χ1n) is 5.02. The van der Waals surface area contributed by atoms with Crippen LogP contribution in [0.25, 0.3) is 0 Å². The number of nitrogen functional groups attached to an aromatic ring is 1. The summed E-state index contributed by atoms with van der Waals surface area (Å²) in [4.78, 5) is 0. The fourth-order valence-corrected chi connectivity index (χ4v) is 1.60. The maximum absolute atomic E-state index is 5.89. The predicted octanol–water partition coefficient (Wildman–Crippen LogP) is 3.49. The molecule has 0 fully saturated rings. The van der Waals surface area contributed by atoms with E-state index in [0.29, 0.717) is 17.2 Å². The molecule has 0 unspecified atom stereocenters. The second-order valence-electron chi connectivity index (χ2n) is 3.45. The Kier molecular flexibility index (Phi) is 3.37. The van der Waals surface area contributed by atoms with Crippen molar-refractivity contribution in [3.63, 3.8) is 0 Å². The summed E-state index contributed by atoms with van der Waals surface area (Å²) in [5, 5.41) is 0. The molecule has 2 aromatic rings. The van der Waals surface area contributed by atoms with E-state index in [2.05, 4.69) is 12.6 Å². The number of ether oxygens (including phenoxy) is 1. The Hall–Kier alpha value is -1.61. The van der Waals surface area contributed by atoms with Crippen LogP contribution in [0.1, 0.15) is 5.56 Å². The molecule has 0 aliphatic rings. The molecule has 2 rings (SSSR count). The topological polar surface area (TPSA) is 35.2 Å². The van der Waals surface area contributed by atoms with E-state index in [1.165, 1.54) is 0 Å². The normalized spacial score (nSPS) is 10.1. The van der Waals surface area contributed by atoms with E-state index in [-0.39, 0.29) is 0 Å². The van der Waals surface area contributed by atoms with E-state index < -0.39 is 0 Å². The predicted molar refractivity (Wildman–Crippen MR) is 70.1 cm³/mol. The number of thiol groups is 1. The van der Waals surface area contributed by atoms with Gasteiger partial charge in [0.25, 0.3) is 0 Å². The number of anilines is 1. The number of hydrogen-bond donors (Lipinski definition) is 2. The minimum Gasteiger partial charge on any atom is -0.455 e. The van der Waals surface area contributed by atoms with Gasteiger partial charge in [0, 0.05) is 5.75 Å². The first-order valence-corrected chi connectivity index (χ1v) is 5.65. The summed E-state index contributed by atoms with van der Waals surface area (Å²) in [5.41, 5.74) is 7.60. The molecule has 0 saturated heterocycles. The molecule has 0 heterocycles. The van der Waals surface area contributed by atoms with Crippen molar-refractivity contribution >= 4 is 18.3 Å². The van der Waals surface area contributed by atoms with Gasteiger partial charge in [-0.1, -0.05) is 24.3 Å². The molecule has 0 atom stereocenters. The van der Waals surface area contributed by atoms with Gasteiger partial charge in [-0.3, -0.25) is 0 Å². The van der Waals surface area contributed by atoms with Crippen molar-refractivity contribution in [1.82, 2.24) is 0 Å². The molecule has 0 aromatic heterocycles. The van der Waals surface area contributed by atoms with E-state index in [1.54, 1.807) is 0 Å². The van der Waals surface area contributed by atoms with E-state index in [9.17, 15) is 0 Å². The summed E-state index contributed by atoms with van der Waals surface area (Å²) in [6, 6.07) is 15.3. The third-order valence-corrected chi connectivity index (χ3v) is 2.59. The average molecular weight is 231 g/mol. The van der Waals surface area contributed by atoms with Crippen LogP contribution in [0.2, 0.25) is 0 Å². The van der Waals surface area contributed by atoms with Gasteiger partial charge in [0.2, 0.25) is 0 Å². The lowest BCUT2D eigenvalue weighted by molar-refractivity contribution is 0.485. The quantitative estimate of drug-likeness (QED) is 0.626. The summed E-state index contributed by atoms with van der Waals surface area (Å²) in [6.45, 7) is 0. The van der Waals surface area contributed by atoms with Gasteiger partial charge in [-0.25, -0.2) is 0 Å². The monoisotopic (exact) mass is 231 g/mol. The van der Waals surface area contributed by atoms with Gasteiger partial charge in [-0.05, 0) is 29.8 Å². The Bertz CT molecular complexity index is 471. The zero-order valence-corrected chi connectivity index (χ0v) is 9.65. The number of para-hydroxylation sites is 1. The minimum absolute atomic E-state index is 0.635. The fourth-order valence-electron chi connectivity index (χ4n) is 1.40. The molecule has 0 radical (unpaired) electrons. The molecule has 2 aromatic carbocycles. The molecular formula is C13H13NOS. The lowest BCUT2D eigenvalue weighted by Crippen LogP contribution is -1.93. The lowest BCUT2D eigenvalue weighted by Gasteiger charge is -2.09. The SMILES string of the molecule is Nc1cc(CS)ccc1Oc1ccccc1. The zero-order valence-electron chi connectivity index (χ0n) is 8.76. The average Bonchev–Trinajstić information content (AvgIpc) is 2.33. The Labute approximate surface area is 100 Å². The highest BCUT2D eigenvalue weighted by atomic mass is 32.1. The van der Waals surface area contributed by atoms with Crippen LogP contribution in [-0.4, -0.2) is 0 Å². The molecule has 0 saturated carbocycles. The molecule has 3 heteroatoms. The molecule has 0 aliphatic carbocycles. The van der Waals surface area contributed by atoms with Gasteiger partial charge in [0.15, 0.2) is 0 Å². The van der Waals surface area contributed by atoms with Crippen molar-refractivity contribution in [1.29, 1.82) is 0 Å². The van der Waals surface area contributed by atoms with Gasteiger partial charge >= 0.3 is 0 Å². The van der Waals surface area contributed by atoms with Crippen molar-refractivity contribution in [3.8, 4) is 11.5 Å². The molecule has 0 bridgehead atoms. The van der Waals surface area contributed by atoms with Crippen LogP contribution in [-0.2, 0) is 5.75 Å². The van der Waals surface area contributed by atoms with Crippen LogP contribution in [0.15, 0.2) is 48.5 Å². The highest BCUT2D eigenvalue weighted by molar-refractivity contribution is 7.79. The smallest absolute Gasteiger partial charge is 0.150 e. The van der Waals surface area contributed by atoms with Crippen LogP contribution in [0, 0.1) is 0 Å². The molecule has 82 valence electrons. The van der Waals surface area contributed by atoms with Crippen LogP contribution in [0.4, 0.5) is 5.69 Å². The van der Waals surface area contributed by atoms with Gasteiger partial charge in [-0.2, -0.15) is 12.6 Å². The number of hydrogen-bond acceptors (Lipinski definition) is 3. The highest BCUT2D eigenvalue weighted by Gasteiger charge is 2.02. The zero-order chi connectivity index (χ0) is 11.4. The molecule has 2 N–H and O–H groups in total. The molecular weight excluding hydrogens is 218 g/mol. The van der Waals surface area contributed by atoms with Crippen molar-refractivity contribution in [2.75, 3.05) is 5.73 Å². The minimum atomic E-state index is 0.635. The summed E-state index contributed by atoms with van der Waals surface area (Å²) in [6.07, 6.45) is 0. The largest absolute Gasteiger partial charge is 0.455 e. The van der Waals surface area contributed by atoms with Crippen molar-refractivity contribution < 1.29 is 4.74 Å². The van der Waals surface area contributed by atoms with Crippen molar-refractivity contribution in [2.45, 2.75) is 5.75 Å². The summed E-state index contributed by atoms with van der Waals surface area (Å²) in [7, 11) is 0. The van der Waals surface area contributed by atoms with Gasteiger partial charge < -0.3 is 10.5 Å². The fraction of sp³-hybridized carbons (Fsp3) is 0.0769. The Morgan fingerprint density at radius 3 is 2.44 bits per heavy atom. The van der Waals surface area contributed by atoms with Crippen LogP contribution < -0.4 is 10.5 Å². The highest BCUT2D eigenvalue weighted by Crippen LogP contribution is 2.28. The molecule has 0 spiro atoms. The van der Waals surface area contributed by atoms with Gasteiger partial charge in [-0.15, -0.1) is 0 Å². The Balaban J connectivity index is 2.22. The van der Waals surface area contributed by atoms with E-state index in [0.717, 1.165) is 11.3 Å². The summed E-state index contributed by atoms with van der Waals surface area (Å²) < 4.78 is 5.66. The second kappa shape index (κ2) is 4.94. The van der Waals surface area contributed by atoms with Crippen LogP contribution in [0.5, 0.6) is 11.5 Å². The molecule has 2 nitrogen and oxygen atoms in total. The third-order valence-electron chi connectivity index (χ3n) is 2.23. The number of rotatable bonds is 3. The van der Waals surface area contributed by atoms with Crippen LogP contribution in [0.3, 0.4) is 0 Å². The first kappa shape index (κ1) is 10.9. The molecule has 0 aliphatic heterocycles. The first-order chi connectivity index (χ1) is 7.79. The van der Waals surface area contributed by atoms with E-state index >= 15 is 0 Å². The number of nitrogens with two attached hydrogens (primary N) is 1. The summed E-state index contributed by atoms with van der Waals surface area (Å²) in [5.74, 6) is 2.14. The van der Waals surface area contributed by atoms with Gasteiger partial charge in [0.05, 0.1) is 5.69 Å². The maximum atomic E-state index is 5.89. The maximum Gasteiger partial charge on any atom is 0.150 e. The molecule has 16 heavy (non-hydrogen) atoms. The Morgan fingerprint density at radius 2 is 1.81 bits per heavy atom. The standard InChI is InChI=1S/C13H13NOS/c14-12-8-10(9-16)6-7-13(12)15-11-4-2-1-3-5-11/h1-8,16H,9,14H2. The Morgan fingerprint density at radius 1 is 1.06 bits per heavy atom. The van der Waals surface area contributed by atoms with E-state index in [4.69, 9.17) is 10.5 Å². The lowest BCUT2D eigenvalue weighted by atomic mass is 10.2. The summed E-state index contributed by atoms with van der Waals surface area (Å²) >= 11 is 4.19. The molecule has 0 amide bonds. The van der Waals surface area contributed by atoms with Crippen molar-refractivity contribution in [3.05, 3.63) is 54.1 Å². The third kappa shape index (κ3) is 2.49. The van der Waals surface area contributed by atoms with Crippen molar-refractivity contribution in [2.24, 2.45) is 0 Å². The van der Waals surface area contributed by atoms with E-state index in [1.807, 2.05) is 48.5 Å². The second-order valence-corrected chi connectivity index (χ2v) is 3.76. The number of benzene rings is 2. The van der Waals surface area contributed by atoms with Gasteiger partial charge in [0.1, 0.15) is 11.5 Å².